The molecule has 0 radical (unpaired) electrons. The molecule has 1 aliphatic heterocycles. The van der Waals surface area contributed by atoms with E-state index in [1.807, 2.05) is 47.8 Å². The minimum absolute atomic E-state index is 0.0549. The number of thiophene rings is 1. The first kappa shape index (κ1) is 15.9. The van der Waals surface area contributed by atoms with Gasteiger partial charge in [0.15, 0.2) is 5.69 Å². The molecule has 0 spiro atoms. The molecule has 4 heterocycles. The molecule has 27 heavy (non-hydrogen) atoms. The number of carbonyl (C=O) groups excluding carboxylic acids is 1. The highest BCUT2D eigenvalue weighted by atomic mass is 32.1. The largest absolute Gasteiger partial charge is 0.339 e. The summed E-state index contributed by atoms with van der Waals surface area (Å²) in [7, 11) is 0. The zero-order valence-electron chi connectivity index (χ0n) is 14.1. The van der Waals surface area contributed by atoms with Crippen LogP contribution in [0.25, 0.3) is 16.4 Å². The van der Waals surface area contributed by atoms with Gasteiger partial charge in [-0.3, -0.25) is 4.79 Å². The Labute approximate surface area is 158 Å². The molecule has 1 saturated heterocycles. The summed E-state index contributed by atoms with van der Waals surface area (Å²) in [6.07, 6.45) is 1.49. The van der Waals surface area contributed by atoms with E-state index in [1.165, 1.54) is 11.0 Å². The molecule has 0 bridgehead atoms. The van der Waals surface area contributed by atoms with E-state index >= 15 is 0 Å². The van der Waals surface area contributed by atoms with E-state index in [0.29, 0.717) is 30.5 Å². The zero-order chi connectivity index (χ0) is 18.2. The molecule has 1 aliphatic rings. The molecule has 0 unspecified atom stereocenters. The number of rotatable bonds is 4. The van der Waals surface area contributed by atoms with E-state index in [4.69, 9.17) is 4.52 Å². The van der Waals surface area contributed by atoms with Crippen LogP contribution in [-0.2, 0) is 0 Å². The van der Waals surface area contributed by atoms with Gasteiger partial charge in [-0.15, -0.1) is 16.4 Å². The lowest BCUT2D eigenvalue weighted by Crippen LogP contribution is -2.48. The van der Waals surface area contributed by atoms with Crippen molar-refractivity contribution in [2.45, 2.75) is 5.92 Å². The highest BCUT2D eigenvalue weighted by Crippen LogP contribution is 2.29. The van der Waals surface area contributed by atoms with Crippen LogP contribution in [0.4, 0.5) is 0 Å². The Morgan fingerprint density at radius 1 is 1.15 bits per heavy atom. The number of likely N-dealkylation sites (tertiary alicyclic amines) is 1. The zero-order valence-corrected chi connectivity index (χ0v) is 14.9. The van der Waals surface area contributed by atoms with Crippen molar-refractivity contribution < 1.29 is 9.32 Å². The highest BCUT2D eigenvalue weighted by molar-refractivity contribution is 7.13. The van der Waals surface area contributed by atoms with E-state index in [9.17, 15) is 4.79 Å². The lowest BCUT2D eigenvalue weighted by atomic mass is 10.00. The molecule has 0 N–H and O–H groups in total. The standard InChI is InChI=1S/C18H14N6O2S/c25-18(14-9-19-24(21-14)13-5-2-1-3-6-13)23-10-12(11-23)17-20-16(22-26-17)15-7-4-8-27-15/h1-9,12H,10-11H2. The Hall–Kier alpha value is -3.33. The average molecular weight is 378 g/mol. The first-order valence-electron chi connectivity index (χ1n) is 8.42. The second kappa shape index (κ2) is 6.44. The third kappa shape index (κ3) is 2.91. The minimum Gasteiger partial charge on any atom is -0.339 e. The van der Waals surface area contributed by atoms with E-state index in [0.717, 1.165) is 10.6 Å². The van der Waals surface area contributed by atoms with Crippen LogP contribution < -0.4 is 0 Å². The number of nitrogens with zero attached hydrogens (tertiary/aromatic N) is 6. The maximum atomic E-state index is 12.6. The number of amides is 1. The summed E-state index contributed by atoms with van der Waals surface area (Å²) in [6.45, 7) is 1.06. The fourth-order valence-corrected chi connectivity index (χ4v) is 3.57. The third-order valence-corrected chi connectivity index (χ3v) is 5.27. The van der Waals surface area contributed by atoms with Crippen LogP contribution in [0.1, 0.15) is 22.3 Å². The summed E-state index contributed by atoms with van der Waals surface area (Å²) in [5, 5.41) is 14.5. The minimum atomic E-state index is -0.147. The lowest BCUT2D eigenvalue weighted by Gasteiger charge is -2.36. The molecule has 134 valence electrons. The fraction of sp³-hybridized carbons (Fsp3) is 0.167. The van der Waals surface area contributed by atoms with Gasteiger partial charge in [-0.2, -0.15) is 14.9 Å². The van der Waals surface area contributed by atoms with Gasteiger partial charge in [-0.1, -0.05) is 29.4 Å². The molecule has 0 atom stereocenters. The van der Waals surface area contributed by atoms with Crippen molar-refractivity contribution >= 4 is 17.2 Å². The van der Waals surface area contributed by atoms with Crippen LogP contribution in [-0.4, -0.2) is 49.0 Å². The molecule has 1 fully saturated rings. The van der Waals surface area contributed by atoms with Gasteiger partial charge in [-0.05, 0) is 23.6 Å². The van der Waals surface area contributed by atoms with Gasteiger partial charge in [0.05, 0.1) is 22.7 Å². The van der Waals surface area contributed by atoms with E-state index < -0.39 is 0 Å². The molecule has 9 heteroatoms. The van der Waals surface area contributed by atoms with E-state index in [-0.39, 0.29) is 11.8 Å². The topological polar surface area (TPSA) is 89.9 Å². The van der Waals surface area contributed by atoms with Gasteiger partial charge < -0.3 is 9.42 Å². The molecule has 3 aromatic heterocycles. The SMILES string of the molecule is O=C(c1cnn(-c2ccccc2)n1)N1CC(c2nc(-c3cccs3)no2)C1. The van der Waals surface area contributed by atoms with Crippen molar-refractivity contribution in [1.82, 2.24) is 30.0 Å². The van der Waals surface area contributed by atoms with Crippen molar-refractivity contribution in [2.24, 2.45) is 0 Å². The first-order valence-corrected chi connectivity index (χ1v) is 9.30. The van der Waals surface area contributed by atoms with Crippen LogP contribution in [0.5, 0.6) is 0 Å². The molecular weight excluding hydrogens is 364 g/mol. The second-order valence-electron chi connectivity index (χ2n) is 6.20. The van der Waals surface area contributed by atoms with Crippen molar-refractivity contribution in [2.75, 3.05) is 13.1 Å². The third-order valence-electron chi connectivity index (χ3n) is 4.40. The van der Waals surface area contributed by atoms with Crippen LogP contribution >= 0.6 is 11.3 Å². The predicted molar refractivity (Wildman–Crippen MR) is 97.6 cm³/mol. The van der Waals surface area contributed by atoms with Crippen molar-refractivity contribution in [3.63, 3.8) is 0 Å². The Kier molecular flexibility index (Phi) is 3.79. The summed E-state index contributed by atoms with van der Waals surface area (Å²) in [6, 6.07) is 13.4. The number of carbonyl (C=O) groups is 1. The summed E-state index contributed by atoms with van der Waals surface area (Å²) >= 11 is 1.56. The van der Waals surface area contributed by atoms with Crippen molar-refractivity contribution in [1.29, 1.82) is 0 Å². The first-order chi connectivity index (χ1) is 13.3. The number of hydrogen-bond donors (Lipinski definition) is 0. The smallest absolute Gasteiger partial charge is 0.276 e. The molecule has 4 aromatic rings. The van der Waals surface area contributed by atoms with Gasteiger partial charge in [0.2, 0.25) is 11.7 Å². The molecule has 1 amide bonds. The summed E-state index contributed by atoms with van der Waals surface area (Å²) < 4.78 is 5.36. The van der Waals surface area contributed by atoms with Crippen LogP contribution in [0.2, 0.25) is 0 Å². The Bertz CT molecular complexity index is 1070. The maximum absolute atomic E-state index is 12.6. The summed E-state index contributed by atoms with van der Waals surface area (Å²) in [5.74, 6) is 1.07. The average Bonchev–Trinajstić information content (AvgIpc) is 3.41. The molecule has 8 nitrogen and oxygen atoms in total. The second-order valence-corrected chi connectivity index (χ2v) is 7.14. The quantitative estimate of drug-likeness (QED) is 0.542. The molecule has 1 aromatic carbocycles. The van der Waals surface area contributed by atoms with Crippen molar-refractivity contribution in [3.8, 4) is 16.4 Å². The highest BCUT2D eigenvalue weighted by Gasteiger charge is 2.37. The molecule has 0 aliphatic carbocycles. The summed E-state index contributed by atoms with van der Waals surface area (Å²) in [4.78, 5) is 21.2. The molecule has 5 rings (SSSR count). The molecule has 0 saturated carbocycles. The Balaban J connectivity index is 1.25. The monoisotopic (exact) mass is 378 g/mol. The maximum Gasteiger partial charge on any atom is 0.276 e. The van der Waals surface area contributed by atoms with Gasteiger partial charge in [0, 0.05) is 13.1 Å². The van der Waals surface area contributed by atoms with Gasteiger partial charge in [0.25, 0.3) is 5.91 Å². The van der Waals surface area contributed by atoms with E-state index in [2.05, 4.69) is 20.3 Å². The number of para-hydroxylation sites is 1. The Morgan fingerprint density at radius 2 is 2.00 bits per heavy atom. The number of hydrogen-bond acceptors (Lipinski definition) is 7. The van der Waals surface area contributed by atoms with Crippen LogP contribution in [0.15, 0.2) is 58.6 Å². The van der Waals surface area contributed by atoms with Gasteiger partial charge >= 0.3 is 0 Å². The number of benzene rings is 1. The normalized spacial score (nSPS) is 14.3. The number of aromatic nitrogens is 5. The summed E-state index contributed by atoms with van der Waals surface area (Å²) in [5.41, 5.74) is 1.13. The van der Waals surface area contributed by atoms with Crippen molar-refractivity contribution in [3.05, 3.63) is 65.6 Å². The molecular formula is C18H14N6O2S. The van der Waals surface area contributed by atoms with E-state index in [1.54, 1.807) is 16.2 Å². The fourth-order valence-electron chi connectivity index (χ4n) is 2.92. The van der Waals surface area contributed by atoms with Gasteiger partial charge in [0.1, 0.15) is 0 Å². The lowest BCUT2D eigenvalue weighted by molar-refractivity contribution is 0.0562. The van der Waals surface area contributed by atoms with Crippen LogP contribution in [0.3, 0.4) is 0 Å². The predicted octanol–water partition coefficient (Wildman–Crippen LogP) is 2.62. The van der Waals surface area contributed by atoms with Gasteiger partial charge in [-0.25, -0.2) is 0 Å². The Morgan fingerprint density at radius 3 is 2.78 bits per heavy atom. The van der Waals surface area contributed by atoms with Crippen LogP contribution in [0, 0.1) is 0 Å².